The fourth-order valence-corrected chi connectivity index (χ4v) is 2.50. The molecule has 0 spiro atoms. The Kier molecular flexibility index (Phi) is 3.65. The van der Waals surface area contributed by atoms with Gasteiger partial charge in [-0.25, -0.2) is 0 Å². The molecule has 0 aliphatic carbocycles. The molecule has 7 heteroatoms. The molecule has 1 aliphatic rings. The summed E-state index contributed by atoms with van der Waals surface area (Å²) in [7, 11) is 0. The van der Waals surface area contributed by atoms with E-state index >= 15 is 0 Å². The van der Waals surface area contributed by atoms with Crippen LogP contribution in [0.4, 0.5) is 0 Å². The number of ether oxygens (including phenoxy) is 1. The third-order valence-electron chi connectivity index (χ3n) is 3.69. The first-order valence-corrected chi connectivity index (χ1v) is 6.91. The standard InChI is InChI=1S/C14H13ClN2O4/c15-10-3-1-9(2-4-10)11-16-12(21-17-11)14(13(18)19)5-7-20-8-6-14/h1-4H,5-8H2,(H,18,19). The van der Waals surface area contributed by atoms with Gasteiger partial charge in [-0.1, -0.05) is 16.8 Å². The van der Waals surface area contributed by atoms with Crippen molar-refractivity contribution in [2.24, 2.45) is 0 Å². The van der Waals surface area contributed by atoms with Crippen LogP contribution in [-0.4, -0.2) is 34.4 Å². The Bertz CT molecular complexity index is 647. The lowest BCUT2D eigenvalue weighted by atomic mass is 9.80. The van der Waals surface area contributed by atoms with Gasteiger partial charge in [0, 0.05) is 23.8 Å². The minimum absolute atomic E-state index is 0.128. The molecule has 3 rings (SSSR count). The molecule has 0 unspecified atom stereocenters. The van der Waals surface area contributed by atoms with E-state index in [4.69, 9.17) is 20.9 Å². The molecule has 1 N–H and O–H groups in total. The van der Waals surface area contributed by atoms with Gasteiger partial charge < -0.3 is 14.4 Å². The monoisotopic (exact) mass is 308 g/mol. The zero-order valence-electron chi connectivity index (χ0n) is 11.1. The van der Waals surface area contributed by atoms with Crippen LogP contribution in [0.5, 0.6) is 0 Å². The predicted octanol–water partition coefficient (Wildman–Crippen LogP) is 2.52. The van der Waals surface area contributed by atoms with Gasteiger partial charge in [0.05, 0.1) is 0 Å². The first-order valence-electron chi connectivity index (χ1n) is 6.53. The molecular weight excluding hydrogens is 296 g/mol. The Morgan fingerprint density at radius 3 is 2.52 bits per heavy atom. The number of hydrogen-bond donors (Lipinski definition) is 1. The molecule has 1 aliphatic heterocycles. The van der Waals surface area contributed by atoms with Crippen molar-refractivity contribution in [3.63, 3.8) is 0 Å². The van der Waals surface area contributed by atoms with Gasteiger partial charge in [0.25, 0.3) is 0 Å². The maximum Gasteiger partial charge on any atom is 0.319 e. The van der Waals surface area contributed by atoms with Crippen molar-refractivity contribution in [2.45, 2.75) is 18.3 Å². The number of halogens is 1. The quantitative estimate of drug-likeness (QED) is 0.937. The minimum atomic E-state index is -1.16. The Morgan fingerprint density at radius 2 is 1.90 bits per heavy atom. The summed E-state index contributed by atoms with van der Waals surface area (Å²) in [5, 5.41) is 14.0. The van der Waals surface area contributed by atoms with E-state index in [-0.39, 0.29) is 5.89 Å². The van der Waals surface area contributed by atoms with Crippen molar-refractivity contribution in [1.82, 2.24) is 10.1 Å². The van der Waals surface area contributed by atoms with Crippen molar-refractivity contribution < 1.29 is 19.2 Å². The van der Waals surface area contributed by atoms with Crippen LogP contribution in [0.1, 0.15) is 18.7 Å². The van der Waals surface area contributed by atoms with E-state index < -0.39 is 11.4 Å². The number of nitrogens with zero attached hydrogens (tertiary/aromatic N) is 2. The van der Waals surface area contributed by atoms with E-state index in [1.165, 1.54) is 0 Å². The molecule has 1 fully saturated rings. The molecule has 1 aromatic heterocycles. The van der Waals surface area contributed by atoms with Crippen molar-refractivity contribution in [3.05, 3.63) is 35.2 Å². The molecule has 1 saturated heterocycles. The summed E-state index contributed by atoms with van der Waals surface area (Å²) in [6, 6.07) is 6.95. The first kappa shape index (κ1) is 14.0. The molecule has 0 saturated carbocycles. The largest absolute Gasteiger partial charge is 0.480 e. The Balaban J connectivity index is 1.96. The molecule has 110 valence electrons. The highest BCUT2D eigenvalue weighted by Gasteiger charge is 2.47. The summed E-state index contributed by atoms with van der Waals surface area (Å²) in [5.74, 6) is -0.478. The number of carboxylic acids is 1. The lowest BCUT2D eigenvalue weighted by Crippen LogP contribution is -2.41. The second kappa shape index (κ2) is 5.46. The first-order chi connectivity index (χ1) is 10.1. The van der Waals surface area contributed by atoms with Crippen LogP contribution in [0.25, 0.3) is 11.4 Å². The van der Waals surface area contributed by atoms with Crippen molar-refractivity contribution in [2.75, 3.05) is 13.2 Å². The highest BCUT2D eigenvalue weighted by Crippen LogP contribution is 2.35. The fourth-order valence-electron chi connectivity index (χ4n) is 2.37. The maximum atomic E-state index is 11.7. The molecule has 0 radical (unpaired) electrons. The zero-order chi connectivity index (χ0) is 14.9. The summed E-state index contributed by atoms with van der Waals surface area (Å²) < 4.78 is 10.5. The average Bonchev–Trinajstić information content (AvgIpc) is 2.99. The number of hydrogen-bond acceptors (Lipinski definition) is 5. The van der Waals surface area contributed by atoms with Gasteiger partial charge in [0.15, 0.2) is 5.41 Å². The Morgan fingerprint density at radius 1 is 1.24 bits per heavy atom. The van der Waals surface area contributed by atoms with Crippen LogP contribution in [0.3, 0.4) is 0 Å². The SMILES string of the molecule is O=C(O)C1(c2nc(-c3ccc(Cl)cc3)no2)CCOCC1. The smallest absolute Gasteiger partial charge is 0.319 e. The highest BCUT2D eigenvalue weighted by molar-refractivity contribution is 6.30. The second-order valence-corrected chi connectivity index (χ2v) is 5.37. The molecule has 21 heavy (non-hydrogen) atoms. The second-order valence-electron chi connectivity index (χ2n) is 4.93. The molecule has 0 bridgehead atoms. The van der Waals surface area contributed by atoms with E-state index in [0.29, 0.717) is 36.9 Å². The van der Waals surface area contributed by atoms with Crippen LogP contribution in [0.15, 0.2) is 28.8 Å². The van der Waals surface area contributed by atoms with Gasteiger partial charge in [-0.05, 0) is 37.1 Å². The van der Waals surface area contributed by atoms with Crippen LogP contribution < -0.4 is 0 Å². The van der Waals surface area contributed by atoms with Gasteiger partial charge in [0.2, 0.25) is 11.7 Å². The Hall–Kier alpha value is -1.92. The third kappa shape index (κ3) is 2.52. The molecule has 2 aromatic rings. The van der Waals surface area contributed by atoms with E-state index in [0.717, 1.165) is 5.56 Å². The number of carbonyl (C=O) groups is 1. The summed E-state index contributed by atoms with van der Waals surface area (Å²) in [5.41, 5.74) is -0.433. The minimum Gasteiger partial charge on any atom is -0.480 e. The normalized spacial score (nSPS) is 17.6. The van der Waals surface area contributed by atoms with Gasteiger partial charge in [-0.15, -0.1) is 0 Å². The van der Waals surface area contributed by atoms with Crippen molar-refractivity contribution in [1.29, 1.82) is 0 Å². The summed E-state index contributed by atoms with van der Waals surface area (Å²) in [6.45, 7) is 0.732. The van der Waals surface area contributed by atoms with E-state index in [1.807, 2.05) is 0 Å². The number of aromatic nitrogens is 2. The van der Waals surface area contributed by atoms with Crippen molar-refractivity contribution >= 4 is 17.6 Å². The molecule has 0 atom stereocenters. The number of carboxylic acid groups (broad SMARTS) is 1. The number of aliphatic carboxylic acids is 1. The lowest BCUT2D eigenvalue weighted by molar-refractivity contribution is -0.149. The number of benzene rings is 1. The van der Waals surface area contributed by atoms with Gasteiger partial charge in [0.1, 0.15) is 0 Å². The molecule has 1 aromatic carbocycles. The molecule has 2 heterocycles. The van der Waals surface area contributed by atoms with E-state index in [2.05, 4.69) is 10.1 Å². The number of rotatable bonds is 3. The van der Waals surface area contributed by atoms with E-state index in [1.54, 1.807) is 24.3 Å². The molecule has 6 nitrogen and oxygen atoms in total. The van der Waals surface area contributed by atoms with E-state index in [9.17, 15) is 9.90 Å². The lowest BCUT2D eigenvalue weighted by Gasteiger charge is -2.29. The van der Waals surface area contributed by atoms with Crippen LogP contribution >= 0.6 is 11.6 Å². The van der Waals surface area contributed by atoms with Crippen LogP contribution in [0.2, 0.25) is 5.02 Å². The summed E-state index contributed by atoms with van der Waals surface area (Å²) >= 11 is 5.83. The molecular formula is C14H13ClN2O4. The summed E-state index contributed by atoms with van der Waals surface area (Å²) in [6.07, 6.45) is 0.648. The van der Waals surface area contributed by atoms with Gasteiger partial charge in [-0.2, -0.15) is 4.98 Å². The van der Waals surface area contributed by atoms with Crippen molar-refractivity contribution in [3.8, 4) is 11.4 Å². The van der Waals surface area contributed by atoms with Gasteiger partial charge >= 0.3 is 5.97 Å². The van der Waals surface area contributed by atoms with Crippen LogP contribution in [0, 0.1) is 0 Å². The average molecular weight is 309 g/mol. The fraction of sp³-hybridized carbons (Fsp3) is 0.357. The zero-order valence-corrected chi connectivity index (χ0v) is 11.8. The van der Waals surface area contributed by atoms with Crippen LogP contribution in [-0.2, 0) is 14.9 Å². The summed E-state index contributed by atoms with van der Waals surface area (Å²) in [4.78, 5) is 15.9. The predicted molar refractivity (Wildman–Crippen MR) is 74.1 cm³/mol. The highest BCUT2D eigenvalue weighted by atomic mass is 35.5. The molecule has 0 amide bonds. The van der Waals surface area contributed by atoms with Gasteiger partial charge in [-0.3, -0.25) is 4.79 Å². The topological polar surface area (TPSA) is 85.5 Å². The maximum absolute atomic E-state index is 11.7. The third-order valence-corrected chi connectivity index (χ3v) is 3.95. The Labute approximate surface area is 125 Å².